The Hall–Kier alpha value is -2.73. The summed E-state index contributed by atoms with van der Waals surface area (Å²) in [7, 11) is 0. The van der Waals surface area contributed by atoms with E-state index in [2.05, 4.69) is 10.3 Å². The summed E-state index contributed by atoms with van der Waals surface area (Å²) in [5.41, 5.74) is 2.14. The normalized spacial score (nSPS) is 10.5. The molecule has 0 aliphatic rings. The van der Waals surface area contributed by atoms with E-state index in [-0.39, 0.29) is 5.69 Å². The van der Waals surface area contributed by atoms with Gasteiger partial charge in [0.05, 0.1) is 21.8 Å². The lowest BCUT2D eigenvalue weighted by Gasteiger charge is -1.99. The van der Waals surface area contributed by atoms with E-state index in [4.69, 9.17) is 11.6 Å². The van der Waals surface area contributed by atoms with Gasteiger partial charge in [0.25, 0.3) is 5.69 Å². The molecule has 0 aliphatic heterocycles. The van der Waals surface area contributed by atoms with Crippen LogP contribution in [0, 0.1) is 10.1 Å². The van der Waals surface area contributed by atoms with Gasteiger partial charge in [0.15, 0.2) is 0 Å². The molecular weight excluding hydrogens is 292 g/mol. The van der Waals surface area contributed by atoms with Crippen LogP contribution >= 0.6 is 11.6 Å². The maximum atomic E-state index is 10.6. The summed E-state index contributed by atoms with van der Waals surface area (Å²) in [5, 5.41) is 19.3. The van der Waals surface area contributed by atoms with Gasteiger partial charge in [-0.15, -0.1) is 5.10 Å². The Bertz CT molecular complexity index is 799. The molecule has 3 aromatic rings. The zero-order chi connectivity index (χ0) is 14.8. The zero-order valence-corrected chi connectivity index (χ0v) is 11.4. The summed E-state index contributed by atoms with van der Waals surface area (Å²) in [4.78, 5) is 10.2. The minimum absolute atomic E-state index is 0.0326. The number of halogens is 1. The molecular formula is C14H9ClN4O2. The first-order chi connectivity index (χ1) is 10.1. The van der Waals surface area contributed by atoms with E-state index in [9.17, 15) is 10.1 Å². The topological polar surface area (TPSA) is 73.8 Å². The number of nitro groups is 1. The van der Waals surface area contributed by atoms with Gasteiger partial charge in [0, 0.05) is 17.7 Å². The van der Waals surface area contributed by atoms with Crippen molar-refractivity contribution >= 4 is 17.3 Å². The Morgan fingerprint density at radius 2 is 1.81 bits per heavy atom. The van der Waals surface area contributed by atoms with Crippen LogP contribution in [0.3, 0.4) is 0 Å². The predicted molar refractivity (Wildman–Crippen MR) is 78.5 cm³/mol. The number of rotatable bonds is 3. The first kappa shape index (κ1) is 13.3. The lowest BCUT2D eigenvalue weighted by molar-refractivity contribution is -0.384. The molecule has 0 aliphatic carbocycles. The van der Waals surface area contributed by atoms with E-state index in [0.717, 1.165) is 5.56 Å². The minimum Gasteiger partial charge on any atom is -0.258 e. The Kier molecular flexibility index (Phi) is 3.37. The molecule has 104 valence electrons. The minimum atomic E-state index is -0.444. The molecule has 3 rings (SSSR count). The summed E-state index contributed by atoms with van der Waals surface area (Å²) >= 11 is 6.12. The fraction of sp³-hybridized carbons (Fsp3) is 0. The quantitative estimate of drug-likeness (QED) is 0.548. The summed E-state index contributed by atoms with van der Waals surface area (Å²) < 4.78 is 1.54. The molecule has 7 heteroatoms. The van der Waals surface area contributed by atoms with Crippen LogP contribution in [-0.2, 0) is 0 Å². The maximum absolute atomic E-state index is 10.6. The van der Waals surface area contributed by atoms with E-state index >= 15 is 0 Å². The molecule has 0 atom stereocenters. The van der Waals surface area contributed by atoms with Crippen molar-refractivity contribution in [2.45, 2.75) is 0 Å². The van der Waals surface area contributed by atoms with Gasteiger partial charge in [-0.3, -0.25) is 10.1 Å². The van der Waals surface area contributed by atoms with Crippen molar-refractivity contribution in [2.24, 2.45) is 0 Å². The van der Waals surface area contributed by atoms with E-state index in [1.165, 1.54) is 12.1 Å². The predicted octanol–water partition coefficient (Wildman–Crippen LogP) is 3.50. The van der Waals surface area contributed by atoms with Crippen LogP contribution in [0.5, 0.6) is 0 Å². The molecule has 21 heavy (non-hydrogen) atoms. The number of non-ortho nitro benzene ring substituents is 1. The number of nitro benzene ring substituents is 1. The Labute approximate surface area is 124 Å². The molecule has 0 bridgehead atoms. The molecule has 0 spiro atoms. The van der Waals surface area contributed by atoms with Gasteiger partial charge in [0.1, 0.15) is 5.69 Å². The van der Waals surface area contributed by atoms with Crippen LogP contribution in [-0.4, -0.2) is 19.9 Å². The van der Waals surface area contributed by atoms with Crippen molar-refractivity contribution in [2.75, 3.05) is 0 Å². The molecule has 0 N–H and O–H groups in total. The summed E-state index contributed by atoms with van der Waals surface area (Å²) in [6.07, 6.45) is 1.72. The number of aromatic nitrogens is 3. The van der Waals surface area contributed by atoms with Crippen LogP contribution in [0.15, 0.2) is 54.7 Å². The fourth-order valence-electron chi connectivity index (χ4n) is 1.91. The summed E-state index contributed by atoms with van der Waals surface area (Å²) in [5.74, 6) is 0. The molecule has 0 saturated heterocycles. The second-order valence-electron chi connectivity index (χ2n) is 4.30. The molecule has 0 radical (unpaired) electrons. The standard InChI is InChI=1S/C14H9ClN4O2/c15-13-4-2-1-3-12(13)14-9-18(17-16-14)10-5-7-11(8-6-10)19(20)21/h1-9H. The Balaban J connectivity index is 1.95. The van der Waals surface area contributed by atoms with Crippen LogP contribution in [0.4, 0.5) is 5.69 Å². The molecule has 1 heterocycles. The lowest BCUT2D eigenvalue weighted by atomic mass is 10.2. The van der Waals surface area contributed by atoms with Crippen LogP contribution < -0.4 is 0 Å². The van der Waals surface area contributed by atoms with Crippen molar-refractivity contribution in [3.05, 3.63) is 69.9 Å². The van der Waals surface area contributed by atoms with Crippen LogP contribution in [0.2, 0.25) is 5.02 Å². The molecule has 0 amide bonds. The highest BCUT2D eigenvalue weighted by Gasteiger charge is 2.09. The van der Waals surface area contributed by atoms with Gasteiger partial charge in [-0.1, -0.05) is 35.0 Å². The molecule has 0 unspecified atom stereocenters. The monoisotopic (exact) mass is 300 g/mol. The van der Waals surface area contributed by atoms with Gasteiger partial charge in [-0.2, -0.15) is 0 Å². The molecule has 0 fully saturated rings. The van der Waals surface area contributed by atoms with Crippen LogP contribution in [0.25, 0.3) is 16.9 Å². The maximum Gasteiger partial charge on any atom is 0.269 e. The third-order valence-corrected chi connectivity index (χ3v) is 3.30. The van der Waals surface area contributed by atoms with Gasteiger partial charge < -0.3 is 0 Å². The van der Waals surface area contributed by atoms with Gasteiger partial charge in [0.2, 0.25) is 0 Å². The third kappa shape index (κ3) is 2.61. The van der Waals surface area contributed by atoms with Crippen molar-refractivity contribution in [1.82, 2.24) is 15.0 Å². The summed E-state index contributed by atoms with van der Waals surface area (Å²) in [6, 6.07) is 13.4. The summed E-state index contributed by atoms with van der Waals surface area (Å²) in [6.45, 7) is 0. The second kappa shape index (κ2) is 5.34. The molecule has 0 saturated carbocycles. The SMILES string of the molecule is O=[N+]([O-])c1ccc(-n2cc(-c3ccccc3Cl)nn2)cc1. The van der Waals surface area contributed by atoms with Gasteiger partial charge in [-0.05, 0) is 18.2 Å². The third-order valence-electron chi connectivity index (χ3n) is 2.97. The fourth-order valence-corrected chi connectivity index (χ4v) is 2.14. The van der Waals surface area contributed by atoms with Crippen molar-refractivity contribution in [1.29, 1.82) is 0 Å². The molecule has 6 nitrogen and oxygen atoms in total. The number of hydrogen-bond donors (Lipinski definition) is 0. The van der Waals surface area contributed by atoms with Gasteiger partial charge >= 0.3 is 0 Å². The number of benzene rings is 2. The number of nitrogens with zero attached hydrogens (tertiary/aromatic N) is 4. The van der Waals surface area contributed by atoms with E-state index in [1.807, 2.05) is 18.2 Å². The first-order valence-corrected chi connectivity index (χ1v) is 6.45. The number of hydrogen-bond acceptors (Lipinski definition) is 4. The van der Waals surface area contributed by atoms with Crippen molar-refractivity contribution < 1.29 is 4.92 Å². The largest absolute Gasteiger partial charge is 0.269 e. The smallest absolute Gasteiger partial charge is 0.258 e. The highest BCUT2D eigenvalue weighted by Crippen LogP contribution is 2.26. The van der Waals surface area contributed by atoms with E-state index in [1.54, 1.807) is 29.1 Å². The average molecular weight is 301 g/mol. The highest BCUT2D eigenvalue weighted by atomic mass is 35.5. The molecule has 2 aromatic carbocycles. The van der Waals surface area contributed by atoms with E-state index in [0.29, 0.717) is 16.4 Å². The Morgan fingerprint density at radius 3 is 2.48 bits per heavy atom. The first-order valence-electron chi connectivity index (χ1n) is 6.07. The van der Waals surface area contributed by atoms with Crippen LogP contribution in [0.1, 0.15) is 0 Å². The second-order valence-corrected chi connectivity index (χ2v) is 4.71. The lowest BCUT2D eigenvalue weighted by Crippen LogP contribution is -1.95. The van der Waals surface area contributed by atoms with Gasteiger partial charge in [-0.25, -0.2) is 4.68 Å². The van der Waals surface area contributed by atoms with Crippen molar-refractivity contribution in [3.8, 4) is 16.9 Å². The average Bonchev–Trinajstić information content (AvgIpc) is 2.97. The van der Waals surface area contributed by atoms with Crippen molar-refractivity contribution in [3.63, 3.8) is 0 Å². The Morgan fingerprint density at radius 1 is 1.10 bits per heavy atom. The highest BCUT2D eigenvalue weighted by molar-refractivity contribution is 6.33. The molecule has 1 aromatic heterocycles. The zero-order valence-electron chi connectivity index (χ0n) is 10.7. The van der Waals surface area contributed by atoms with E-state index < -0.39 is 4.92 Å².